The Bertz CT molecular complexity index is 1670. The molecular weight excluding hydrogens is 437 g/mol. The zero-order valence-corrected chi connectivity index (χ0v) is 17.7. The Morgan fingerprint density at radius 3 is 2.65 bits per heavy atom. The predicted octanol–water partition coefficient (Wildman–Crippen LogP) is 4.48. The molecule has 5 heterocycles. The number of phenols is 1. The fourth-order valence-corrected chi connectivity index (χ4v) is 3.91. The molecule has 5 aromatic heterocycles. The standard InChI is InChI=1S/C24H16FN7O2/c1-34-16-4-13(7-26-8-16)19-6-17-20(11-28-19)31-32-23(17)24-29-21-10-27-9-18(22(21)30-24)12-2-14(25)5-15(33)3-12/h2-11,33H,1H3,(H,29,30)(H,31,32). The van der Waals surface area contributed by atoms with Crippen LogP contribution in [0.5, 0.6) is 11.5 Å². The molecule has 0 aliphatic rings. The Hall–Kier alpha value is -4.86. The highest BCUT2D eigenvalue weighted by Crippen LogP contribution is 2.33. The van der Waals surface area contributed by atoms with Gasteiger partial charge in [-0.3, -0.25) is 20.1 Å². The SMILES string of the molecule is COc1cncc(-c2cc3c(-c4nc5c(-c6cc(O)cc(F)c6)cncc5[nH]4)n[nH]c3cn2)c1. The van der Waals surface area contributed by atoms with Crippen molar-refractivity contribution >= 4 is 21.9 Å². The average Bonchev–Trinajstić information content (AvgIpc) is 3.46. The van der Waals surface area contributed by atoms with Crippen LogP contribution in [0.2, 0.25) is 0 Å². The van der Waals surface area contributed by atoms with Crippen LogP contribution >= 0.6 is 0 Å². The van der Waals surface area contributed by atoms with E-state index in [1.807, 2.05) is 12.1 Å². The third-order valence-electron chi connectivity index (χ3n) is 5.50. The monoisotopic (exact) mass is 453 g/mol. The van der Waals surface area contributed by atoms with Crippen LogP contribution in [0.1, 0.15) is 0 Å². The molecule has 0 aliphatic carbocycles. The zero-order chi connectivity index (χ0) is 23.2. The molecule has 0 atom stereocenters. The number of aromatic amines is 2. The summed E-state index contributed by atoms with van der Waals surface area (Å²) in [6, 6.07) is 7.61. The van der Waals surface area contributed by atoms with E-state index in [-0.39, 0.29) is 5.75 Å². The van der Waals surface area contributed by atoms with E-state index in [1.54, 1.807) is 38.1 Å². The Balaban J connectivity index is 1.49. The quantitative estimate of drug-likeness (QED) is 0.359. The zero-order valence-electron chi connectivity index (χ0n) is 17.7. The van der Waals surface area contributed by atoms with Crippen molar-refractivity contribution in [2.45, 2.75) is 0 Å². The highest BCUT2D eigenvalue weighted by molar-refractivity contribution is 5.97. The van der Waals surface area contributed by atoms with Crippen LogP contribution in [0, 0.1) is 5.82 Å². The fourth-order valence-electron chi connectivity index (χ4n) is 3.91. The van der Waals surface area contributed by atoms with Gasteiger partial charge >= 0.3 is 0 Å². The van der Waals surface area contributed by atoms with E-state index in [2.05, 4.69) is 30.1 Å². The molecule has 6 aromatic rings. The van der Waals surface area contributed by atoms with Crippen molar-refractivity contribution in [2.75, 3.05) is 7.11 Å². The molecule has 3 N–H and O–H groups in total. The maximum atomic E-state index is 13.9. The second-order valence-corrected chi connectivity index (χ2v) is 7.67. The first-order valence-electron chi connectivity index (χ1n) is 10.3. The molecule has 0 aliphatic heterocycles. The molecule has 0 saturated heterocycles. The number of pyridine rings is 3. The minimum atomic E-state index is -0.548. The van der Waals surface area contributed by atoms with Gasteiger partial charge in [-0.05, 0) is 29.8 Å². The van der Waals surface area contributed by atoms with Gasteiger partial charge in [0.2, 0.25) is 0 Å². The largest absolute Gasteiger partial charge is 0.508 e. The van der Waals surface area contributed by atoms with Gasteiger partial charge in [0.1, 0.15) is 23.0 Å². The van der Waals surface area contributed by atoms with Gasteiger partial charge in [0.25, 0.3) is 0 Å². The number of phenolic OH excluding ortho intramolecular Hbond substituents is 1. The van der Waals surface area contributed by atoms with Crippen molar-refractivity contribution in [1.29, 1.82) is 0 Å². The minimum absolute atomic E-state index is 0.173. The Labute approximate surface area is 191 Å². The van der Waals surface area contributed by atoms with E-state index in [1.165, 1.54) is 12.1 Å². The number of hydrogen-bond donors (Lipinski definition) is 3. The molecule has 0 saturated carbocycles. The Morgan fingerprint density at radius 2 is 1.79 bits per heavy atom. The third kappa shape index (κ3) is 3.28. The molecular formula is C24H16FN7O2. The number of nitrogens with zero attached hydrogens (tertiary/aromatic N) is 5. The van der Waals surface area contributed by atoms with Crippen LogP contribution in [0.15, 0.2) is 61.3 Å². The molecule has 1 aromatic carbocycles. The van der Waals surface area contributed by atoms with E-state index in [4.69, 9.17) is 9.72 Å². The first kappa shape index (κ1) is 19.8. The van der Waals surface area contributed by atoms with Crippen LogP contribution in [0.4, 0.5) is 4.39 Å². The number of benzene rings is 1. The molecule has 0 radical (unpaired) electrons. The van der Waals surface area contributed by atoms with Crippen molar-refractivity contribution in [3.8, 4) is 45.4 Å². The molecule has 0 amide bonds. The summed E-state index contributed by atoms with van der Waals surface area (Å²) >= 11 is 0. The minimum Gasteiger partial charge on any atom is -0.508 e. The van der Waals surface area contributed by atoms with Gasteiger partial charge in [-0.2, -0.15) is 5.10 Å². The molecule has 166 valence electrons. The number of hydrogen-bond acceptors (Lipinski definition) is 7. The van der Waals surface area contributed by atoms with Crippen LogP contribution in [-0.4, -0.2) is 47.3 Å². The maximum absolute atomic E-state index is 13.9. The van der Waals surface area contributed by atoms with Crippen LogP contribution < -0.4 is 4.74 Å². The summed E-state index contributed by atoms with van der Waals surface area (Å²) in [6.45, 7) is 0. The second-order valence-electron chi connectivity index (χ2n) is 7.67. The smallest absolute Gasteiger partial charge is 0.159 e. The number of nitrogens with one attached hydrogen (secondary N) is 2. The van der Waals surface area contributed by atoms with Crippen molar-refractivity contribution < 1.29 is 14.2 Å². The summed E-state index contributed by atoms with van der Waals surface area (Å²) in [7, 11) is 1.58. The van der Waals surface area contributed by atoms with Gasteiger partial charge in [0.15, 0.2) is 5.82 Å². The van der Waals surface area contributed by atoms with Crippen molar-refractivity contribution in [3.05, 3.63) is 67.1 Å². The Morgan fingerprint density at radius 1 is 0.912 bits per heavy atom. The molecule has 0 spiro atoms. The summed E-state index contributed by atoms with van der Waals surface area (Å²) in [6.07, 6.45) is 8.26. The van der Waals surface area contributed by atoms with Crippen molar-refractivity contribution in [2.24, 2.45) is 0 Å². The molecule has 0 bridgehead atoms. The molecule has 10 heteroatoms. The lowest BCUT2D eigenvalue weighted by molar-refractivity contribution is 0.413. The third-order valence-corrected chi connectivity index (χ3v) is 5.50. The summed E-state index contributed by atoms with van der Waals surface area (Å²) in [5.74, 6) is 0.422. The van der Waals surface area contributed by atoms with E-state index in [0.717, 1.165) is 22.5 Å². The number of ether oxygens (including phenoxy) is 1. The van der Waals surface area contributed by atoms with Gasteiger partial charge in [-0.1, -0.05) is 0 Å². The number of fused-ring (bicyclic) bond motifs is 2. The number of aromatic hydroxyl groups is 1. The van der Waals surface area contributed by atoms with E-state index < -0.39 is 5.82 Å². The second kappa shape index (κ2) is 7.62. The van der Waals surface area contributed by atoms with Gasteiger partial charge in [-0.15, -0.1) is 0 Å². The molecule has 6 rings (SSSR count). The fraction of sp³-hybridized carbons (Fsp3) is 0.0417. The lowest BCUT2D eigenvalue weighted by atomic mass is 10.1. The number of imidazole rings is 1. The number of rotatable bonds is 4. The summed E-state index contributed by atoms with van der Waals surface area (Å²) in [5.41, 5.74) is 5.13. The first-order chi connectivity index (χ1) is 16.6. The van der Waals surface area contributed by atoms with Gasteiger partial charge in [0.05, 0.1) is 47.9 Å². The van der Waals surface area contributed by atoms with E-state index in [0.29, 0.717) is 45.1 Å². The number of H-pyrrole nitrogens is 2. The molecule has 34 heavy (non-hydrogen) atoms. The molecule has 9 nitrogen and oxygen atoms in total. The summed E-state index contributed by atoms with van der Waals surface area (Å²) in [4.78, 5) is 20.9. The topological polar surface area (TPSA) is 125 Å². The molecule has 0 fully saturated rings. The van der Waals surface area contributed by atoms with E-state index >= 15 is 0 Å². The average molecular weight is 453 g/mol. The maximum Gasteiger partial charge on any atom is 0.159 e. The lowest BCUT2D eigenvalue weighted by Crippen LogP contribution is -1.89. The highest BCUT2D eigenvalue weighted by Gasteiger charge is 2.17. The lowest BCUT2D eigenvalue weighted by Gasteiger charge is -2.04. The summed E-state index contributed by atoms with van der Waals surface area (Å²) in [5, 5.41) is 18.1. The van der Waals surface area contributed by atoms with Crippen LogP contribution in [0.3, 0.4) is 0 Å². The number of methoxy groups -OCH3 is 1. The first-order valence-corrected chi connectivity index (χ1v) is 10.3. The molecule has 0 unspecified atom stereocenters. The normalized spacial score (nSPS) is 11.4. The van der Waals surface area contributed by atoms with Crippen LogP contribution in [0.25, 0.3) is 55.8 Å². The highest BCUT2D eigenvalue weighted by atomic mass is 19.1. The van der Waals surface area contributed by atoms with Crippen molar-refractivity contribution in [3.63, 3.8) is 0 Å². The van der Waals surface area contributed by atoms with Gasteiger partial charge in [0, 0.05) is 35.0 Å². The number of aromatic nitrogens is 7. The van der Waals surface area contributed by atoms with Crippen LogP contribution in [-0.2, 0) is 0 Å². The summed E-state index contributed by atoms with van der Waals surface area (Å²) < 4.78 is 19.2. The number of halogens is 1. The van der Waals surface area contributed by atoms with E-state index in [9.17, 15) is 9.50 Å². The Kier molecular flexibility index (Phi) is 4.44. The van der Waals surface area contributed by atoms with Crippen molar-refractivity contribution in [1.82, 2.24) is 35.1 Å². The predicted molar refractivity (Wildman–Crippen MR) is 124 cm³/mol. The van der Waals surface area contributed by atoms with Gasteiger partial charge < -0.3 is 14.8 Å². The van der Waals surface area contributed by atoms with Gasteiger partial charge in [-0.25, -0.2) is 9.37 Å².